The van der Waals surface area contributed by atoms with E-state index in [4.69, 9.17) is 24.2 Å². The normalized spacial score (nSPS) is 10.9. The first-order chi connectivity index (χ1) is 13.5. The summed E-state index contributed by atoms with van der Waals surface area (Å²) >= 11 is 0. The van der Waals surface area contributed by atoms with Crippen LogP contribution in [0.25, 0.3) is 0 Å². The highest BCUT2D eigenvalue weighted by Crippen LogP contribution is 2.29. The first kappa shape index (κ1) is 20.6. The number of anilines is 1. The van der Waals surface area contributed by atoms with E-state index in [1.165, 1.54) is 21.1 Å². The van der Waals surface area contributed by atoms with Crippen molar-refractivity contribution in [3.8, 4) is 23.3 Å². The van der Waals surface area contributed by atoms with Crippen LogP contribution in [0.5, 0.6) is 17.2 Å². The SMILES string of the molecule is COc1ccc(NC(=O)COC(=O)[C@@H](C)Oc2ccc(C#N)cc2)cc1OC. The summed E-state index contributed by atoms with van der Waals surface area (Å²) < 4.78 is 20.7. The third kappa shape index (κ3) is 5.64. The fraction of sp³-hybridized carbons (Fsp3) is 0.250. The molecule has 0 bridgehead atoms. The molecule has 0 saturated carbocycles. The van der Waals surface area contributed by atoms with Crippen LogP contribution in [-0.4, -0.2) is 38.8 Å². The fourth-order valence-electron chi connectivity index (χ4n) is 2.23. The van der Waals surface area contributed by atoms with Gasteiger partial charge in [0.15, 0.2) is 24.2 Å². The standard InChI is InChI=1S/C20H20N2O6/c1-13(28-16-7-4-14(11-21)5-8-16)20(24)27-12-19(23)22-15-6-9-17(25-2)18(10-15)26-3/h4-10,13H,12H2,1-3H3,(H,22,23)/t13-/m1/s1. The van der Waals surface area contributed by atoms with Crippen molar-refractivity contribution < 1.29 is 28.5 Å². The largest absolute Gasteiger partial charge is 0.493 e. The molecule has 2 rings (SSSR count). The molecule has 28 heavy (non-hydrogen) atoms. The first-order valence-electron chi connectivity index (χ1n) is 8.32. The Morgan fingerprint density at radius 2 is 1.75 bits per heavy atom. The Bertz CT molecular complexity index is 873. The molecule has 0 aliphatic heterocycles. The zero-order chi connectivity index (χ0) is 20.5. The van der Waals surface area contributed by atoms with Crippen LogP contribution in [0.1, 0.15) is 12.5 Å². The molecule has 0 radical (unpaired) electrons. The number of methoxy groups -OCH3 is 2. The van der Waals surface area contributed by atoms with E-state index in [0.717, 1.165) is 0 Å². The van der Waals surface area contributed by atoms with Gasteiger partial charge in [0, 0.05) is 11.8 Å². The number of ether oxygens (including phenoxy) is 4. The number of carbonyl (C=O) groups is 2. The van der Waals surface area contributed by atoms with E-state index >= 15 is 0 Å². The van der Waals surface area contributed by atoms with Crippen LogP contribution in [0.3, 0.4) is 0 Å². The third-order valence-electron chi connectivity index (χ3n) is 3.64. The van der Waals surface area contributed by atoms with Gasteiger partial charge in [-0.05, 0) is 43.3 Å². The number of hydrogen-bond acceptors (Lipinski definition) is 7. The van der Waals surface area contributed by atoms with E-state index in [2.05, 4.69) is 5.32 Å². The molecular weight excluding hydrogens is 364 g/mol. The van der Waals surface area contributed by atoms with Gasteiger partial charge >= 0.3 is 5.97 Å². The Kier molecular flexibility index (Phi) is 7.22. The molecule has 1 N–H and O–H groups in total. The van der Waals surface area contributed by atoms with E-state index in [1.807, 2.05) is 6.07 Å². The maximum Gasteiger partial charge on any atom is 0.347 e. The summed E-state index contributed by atoms with van der Waals surface area (Å²) in [4.78, 5) is 24.0. The molecule has 0 aromatic heterocycles. The van der Waals surface area contributed by atoms with Gasteiger partial charge < -0.3 is 24.3 Å². The van der Waals surface area contributed by atoms with Crippen LogP contribution >= 0.6 is 0 Å². The van der Waals surface area contributed by atoms with Gasteiger partial charge in [0.05, 0.1) is 25.9 Å². The van der Waals surface area contributed by atoms with E-state index in [0.29, 0.717) is 28.5 Å². The van der Waals surface area contributed by atoms with Crippen molar-refractivity contribution in [3.05, 3.63) is 48.0 Å². The average molecular weight is 384 g/mol. The summed E-state index contributed by atoms with van der Waals surface area (Å²) in [5, 5.41) is 11.4. The number of esters is 1. The minimum atomic E-state index is -0.915. The van der Waals surface area contributed by atoms with Crippen molar-refractivity contribution >= 4 is 17.6 Å². The van der Waals surface area contributed by atoms with Crippen LogP contribution in [0.2, 0.25) is 0 Å². The minimum absolute atomic E-state index is 0.415. The van der Waals surface area contributed by atoms with Gasteiger partial charge in [0.25, 0.3) is 5.91 Å². The number of hydrogen-bond donors (Lipinski definition) is 1. The molecule has 2 aromatic carbocycles. The van der Waals surface area contributed by atoms with E-state index in [1.54, 1.807) is 42.5 Å². The van der Waals surface area contributed by atoms with Crippen molar-refractivity contribution in [2.75, 3.05) is 26.1 Å². The van der Waals surface area contributed by atoms with E-state index in [-0.39, 0.29) is 0 Å². The van der Waals surface area contributed by atoms with Gasteiger partial charge in [-0.15, -0.1) is 0 Å². The predicted octanol–water partition coefficient (Wildman–Crippen LogP) is 2.52. The highest BCUT2D eigenvalue weighted by atomic mass is 16.6. The summed E-state index contributed by atoms with van der Waals surface area (Å²) in [5.74, 6) is 0.207. The predicted molar refractivity (Wildman–Crippen MR) is 100 cm³/mol. The van der Waals surface area contributed by atoms with Gasteiger partial charge in [0.1, 0.15) is 5.75 Å². The van der Waals surface area contributed by atoms with Crippen molar-refractivity contribution in [2.45, 2.75) is 13.0 Å². The van der Waals surface area contributed by atoms with E-state index < -0.39 is 24.6 Å². The molecule has 0 saturated heterocycles. The molecule has 1 amide bonds. The highest BCUT2D eigenvalue weighted by Gasteiger charge is 2.18. The highest BCUT2D eigenvalue weighted by molar-refractivity contribution is 5.93. The Labute approximate surface area is 162 Å². The zero-order valence-electron chi connectivity index (χ0n) is 15.7. The monoisotopic (exact) mass is 384 g/mol. The first-order valence-corrected chi connectivity index (χ1v) is 8.32. The molecule has 8 nitrogen and oxygen atoms in total. The smallest absolute Gasteiger partial charge is 0.347 e. The number of nitrogens with zero attached hydrogens (tertiary/aromatic N) is 1. The molecule has 146 valence electrons. The Morgan fingerprint density at radius 3 is 2.36 bits per heavy atom. The number of nitrogens with one attached hydrogen (secondary N) is 1. The van der Waals surface area contributed by atoms with Crippen molar-refractivity contribution in [2.24, 2.45) is 0 Å². The summed E-state index contributed by atoms with van der Waals surface area (Å²) in [6.45, 7) is 1.04. The number of amides is 1. The van der Waals surface area contributed by atoms with E-state index in [9.17, 15) is 9.59 Å². The Morgan fingerprint density at radius 1 is 1.07 bits per heavy atom. The Hall–Kier alpha value is -3.73. The Balaban J connectivity index is 1.84. The second kappa shape index (κ2) is 9.83. The minimum Gasteiger partial charge on any atom is -0.493 e. The van der Waals surface area contributed by atoms with Crippen LogP contribution < -0.4 is 19.5 Å². The van der Waals surface area contributed by atoms with Crippen LogP contribution in [0.4, 0.5) is 5.69 Å². The second-order valence-electron chi connectivity index (χ2n) is 5.62. The van der Waals surface area contributed by atoms with Crippen molar-refractivity contribution in [1.29, 1.82) is 5.26 Å². The maximum atomic E-state index is 12.0. The lowest BCUT2D eigenvalue weighted by atomic mass is 10.2. The quantitative estimate of drug-likeness (QED) is 0.697. The van der Waals surface area contributed by atoms with Gasteiger partial charge in [0.2, 0.25) is 0 Å². The maximum absolute atomic E-state index is 12.0. The van der Waals surface area contributed by atoms with Gasteiger partial charge in [-0.3, -0.25) is 4.79 Å². The second-order valence-corrected chi connectivity index (χ2v) is 5.62. The summed E-state index contributed by atoms with van der Waals surface area (Å²) in [5.41, 5.74) is 0.954. The van der Waals surface area contributed by atoms with Crippen molar-refractivity contribution in [1.82, 2.24) is 0 Å². The lowest BCUT2D eigenvalue weighted by molar-refractivity contribution is -0.153. The van der Waals surface area contributed by atoms with Crippen LogP contribution in [0, 0.1) is 11.3 Å². The number of rotatable bonds is 8. The summed E-state index contributed by atoms with van der Waals surface area (Å²) in [6, 6.07) is 13.2. The number of nitriles is 1. The van der Waals surface area contributed by atoms with Gasteiger partial charge in [-0.1, -0.05) is 0 Å². The van der Waals surface area contributed by atoms with Crippen molar-refractivity contribution in [3.63, 3.8) is 0 Å². The lowest BCUT2D eigenvalue weighted by Crippen LogP contribution is -2.29. The lowest BCUT2D eigenvalue weighted by Gasteiger charge is -2.14. The number of benzene rings is 2. The topological polar surface area (TPSA) is 107 Å². The number of carbonyl (C=O) groups excluding carboxylic acids is 2. The molecule has 0 fully saturated rings. The van der Waals surface area contributed by atoms with Gasteiger partial charge in [-0.2, -0.15) is 5.26 Å². The molecule has 0 spiro atoms. The summed E-state index contributed by atoms with van der Waals surface area (Å²) in [7, 11) is 3.00. The molecule has 1 atom stereocenters. The molecule has 8 heteroatoms. The molecule has 0 aliphatic carbocycles. The molecule has 0 aliphatic rings. The third-order valence-corrected chi connectivity index (χ3v) is 3.64. The van der Waals surface area contributed by atoms with Crippen LogP contribution in [-0.2, 0) is 14.3 Å². The molecule has 0 unspecified atom stereocenters. The molecule has 0 heterocycles. The van der Waals surface area contributed by atoms with Crippen LogP contribution in [0.15, 0.2) is 42.5 Å². The average Bonchev–Trinajstić information content (AvgIpc) is 2.72. The molecule has 2 aromatic rings. The zero-order valence-corrected chi connectivity index (χ0v) is 15.7. The molecular formula is C20H20N2O6. The fourth-order valence-corrected chi connectivity index (χ4v) is 2.23. The van der Waals surface area contributed by atoms with Gasteiger partial charge in [-0.25, -0.2) is 4.79 Å². The summed E-state index contributed by atoms with van der Waals surface area (Å²) in [6.07, 6.45) is -0.915.